The van der Waals surface area contributed by atoms with Gasteiger partial charge in [0.1, 0.15) is 5.82 Å². The summed E-state index contributed by atoms with van der Waals surface area (Å²) in [6.45, 7) is 0. The Bertz CT molecular complexity index is 622. The molecule has 0 heterocycles. The monoisotopic (exact) mass is 376 g/mol. The van der Waals surface area contributed by atoms with E-state index < -0.39 is 46.1 Å². The molecule has 0 unspecified atom stereocenters. The van der Waals surface area contributed by atoms with Crippen molar-refractivity contribution in [2.75, 3.05) is 0 Å². The number of carbonyl (C=O) groups excluding carboxylic acids is 1. The zero-order valence-corrected chi connectivity index (χ0v) is 11.1. The molecule has 12 heteroatoms. The number of halogens is 11. The third-order valence-corrected chi connectivity index (χ3v) is 2.84. The van der Waals surface area contributed by atoms with Crippen molar-refractivity contribution in [1.29, 1.82) is 0 Å². The van der Waals surface area contributed by atoms with E-state index in [2.05, 4.69) is 0 Å². The molecular weight excluding hydrogens is 374 g/mol. The number of Topliss-reactive ketones (excluding diaryl/α,β-unsaturated/α-hetero) is 1. The first kappa shape index (κ1) is 19.5. The first-order valence-corrected chi connectivity index (χ1v) is 5.65. The highest BCUT2D eigenvalue weighted by Crippen LogP contribution is 2.53. The van der Waals surface area contributed by atoms with E-state index >= 15 is 0 Å². The Hall–Kier alpha value is -1.52. The van der Waals surface area contributed by atoms with Gasteiger partial charge in [0.25, 0.3) is 0 Å². The Labute approximate surface area is 125 Å². The van der Waals surface area contributed by atoms with Gasteiger partial charge in [-0.05, 0) is 18.2 Å². The van der Waals surface area contributed by atoms with Crippen LogP contribution in [0.1, 0.15) is 10.4 Å². The number of hydrogen-bond acceptors (Lipinski definition) is 1. The Balaban J connectivity index is 3.42. The largest absolute Gasteiger partial charge is 0.460 e. The fourth-order valence-corrected chi connectivity index (χ4v) is 1.52. The van der Waals surface area contributed by atoms with E-state index in [4.69, 9.17) is 11.6 Å². The molecule has 130 valence electrons. The lowest BCUT2D eigenvalue weighted by molar-refractivity contribution is -0.386. The molecule has 0 amide bonds. The number of hydrogen-bond donors (Lipinski definition) is 0. The minimum Gasteiger partial charge on any atom is -0.287 e. The minimum atomic E-state index is -7.23. The first-order valence-electron chi connectivity index (χ1n) is 5.27. The smallest absolute Gasteiger partial charge is 0.287 e. The maximum absolute atomic E-state index is 13.3. The van der Waals surface area contributed by atoms with E-state index in [0.717, 1.165) is 0 Å². The molecule has 0 N–H and O–H groups in total. The van der Waals surface area contributed by atoms with Crippen LogP contribution in [-0.4, -0.2) is 29.7 Å². The number of carbonyl (C=O) groups is 1. The average molecular weight is 377 g/mol. The standard InChI is InChI=1S/C11H3ClF10O/c12-4-1-2-5(6(13)3-4)7(23)8(14,15)9(16,17)10(18,19)11(20,21)22/h1-3H. The van der Waals surface area contributed by atoms with E-state index in [0.29, 0.717) is 6.07 Å². The van der Waals surface area contributed by atoms with Crippen LogP contribution in [0, 0.1) is 5.82 Å². The van der Waals surface area contributed by atoms with Crippen molar-refractivity contribution in [2.24, 2.45) is 0 Å². The zero-order chi connectivity index (χ0) is 18.4. The number of alkyl halides is 9. The van der Waals surface area contributed by atoms with Crippen LogP contribution >= 0.6 is 11.6 Å². The van der Waals surface area contributed by atoms with Gasteiger partial charge in [-0.25, -0.2) is 4.39 Å². The van der Waals surface area contributed by atoms with Crippen molar-refractivity contribution in [2.45, 2.75) is 23.9 Å². The molecule has 1 nitrogen and oxygen atoms in total. The molecule has 0 bridgehead atoms. The quantitative estimate of drug-likeness (QED) is 0.526. The molecule has 23 heavy (non-hydrogen) atoms. The lowest BCUT2D eigenvalue weighted by Gasteiger charge is -2.32. The molecule has 0 spiro atoms. The van der Waals surface area contributed by atoms with Crippen molar-refractivity contribution < 1.29 is 48.7 Å². The van der Waals surface area contributed by atoms with E-state index in [1.54, 1.807) is 0 Å². The van der Waals surface area contributed by atoms with Gasteiger partial charge >= 0.3 is 23.9 Å². The predicted molar refractivity (Wildman–Crippen MR) is 56.6 cm³/mol. The van der Waals surface area contributed by atoms with Gasteiger partial charge in [-0.2, -0.15) is 39.5 Å². The van der Waals surface area contributed by atoms with Crippen molar-refractivity contribution in [3.63, 3.8) is 0 Å². The normalized spacial score (nSPS) is 14.0. The summed E-state index contributed by atoms with van der Waals surface area (Å²) in [5.74, 6) is -26.1. The molecule has 0 saturated heterocycles. The second-order valence-corrected chi connectivity index (χ2v) is 4.61. The van der Waals surface area contributed by atoms with E-state index in [-0.39, 0.29) is 12.1 Å². The zero-order valence-electron chi connectivity index (χ0n) is 10.3. The Kier molecular flexibility index (Phi) is 4.70. The molecule has 0 aromatic heterocycles. The van der Waals surface area contributed by atoms with Crippen LogP contribution in [-0.2, 0) is 0 Å². The molecule has 1 aromatic rings. The molecule has 0 aliphatic rings. The fourth-order valence-electron chi connectivity index (χ4n) is 1.36. The number of rotatable bonds is 4. The number of benzene rings is 1. The molecule has 0 radical (unpaired) electrons. The second-order valence-electron chi connectivity index (χ2n) is 4.17. The van der Waals surface area contributed by atoms with Crippen molar-refractivity contribution >= 4 is 17.4 Å². The molecule has 0 saturated carbocycles. The fraction of sp³-hybridized carbons (Fsp3) is 0.364. The summed E-state index contributed by atoms with van der Waals surface area (Å²) in [5, 5.41) is -0.463. The van der Waals surface area contributed by atoms with Crippen molar-refractivity contribution in [1.82, 2.24) is 0 Å². The third-order valence-electron chi connectivity index (χ3n) is 2.61. The van der Waals surface area contributed by atoms with E-state index in [9.17, 15) is 48.7 Å². The minimum absolute atomic E-state index is 0.149. The molecule has 0 fully saturated rings. The van der Waals surface area contributed by atoms with E-state index in [1.165, 1.54) is 0 Å². The van der Waals surface area contributed by atoms with Crippen LogP contribution in [0.15, 0.2) is 18.2 Å². The number of ketones is 1. The van der Waals surface area contributed by atoms with Crippen molar-refractivity contribution in [3.05, 3.63) is 34.6 Å². The van der Waals surface area contributed by atoms with Crippen LogP contribution in [0.3, 0.4) is 0 Å². The summed E-state index contributed by atoms with van der Waals surface area (Å²) in [7, 11) is 0. The maximum atomic E-state index is 13.3. The Morgan fingerprint density at radius 1 is 0.870 bits per heavy atom. The van der Waals surface area contributed by atoms with Crippen LogP contribution < -0.4 is 0 Å². The summed E-state index contributed by atoms with van der Waals surface area (Å²) in [6, 6.07) is 0.939. The molecule has 0 atom stereocenters. The van der Waals surface area contributed by atoms with Crippen LogP contribution in [0.4, 0.5) is 43.9 Å². The van der Waals surface area contributed by atoms with Gasteiger partial charge in [-0.3, -0.25) is 4.79 Å². The topological polar surface area (TPSA) is 17.1 Å². The van der Waals surface area contributed by atoms with Gasteiger partial charge in [0.05, 0.1) is 5.56 Å². The third kappa shape index (κ3) is 2.98. The molecule has 1 rings (SSSR count). The first-order chi connectivity index (χ1) is 10.1. The summed E-state index contributed by atoms with van der Waals surface area (Å²) in [4.78, 5) is 11.2. The van der Waals surface area contributed by atoms with Crippen LogP contribution in [0.5, 0.6) is 0 Å². The van der Waals surface area contributed by atoms with Gasteiger partial charge in [0.15, 0.2) is 0 Å². The predicted octanol–water partition coefficient (Wildman–Crippen LogP) is 5.13. The summed E-state index contributed by atoms with van der Waals surface area (Å²) >= 11 is 5.20. The molecular formula is C11H3ClF10O. The highest BCUT2D eigenvalue weighted by Gasteiger charge is 2.83. The lowest BCUT2D eigenvalue weighted by Crippen LogP contribution is -2.63. The summed E-state index contributed by atoms with van der Waals surface area (Å²) in [5.41, 5.74) is -1.82. The lowest BCUT2D eigenvalue weighted by atomic mass is 9.95. The van der Waals surface area contributed by atoms with Gasteiger partial charge < -0.3 is 0 Å². The second kappa shape index (κ2) is 5.53. The van der Waals surface area contributed by atoms with Gasteiger partial charge in [0, 0.05) is 5.02 Å². The molecule has 1 aromatic carbocycles. The SMILES string of the molecule is O=C(c1ccc(Cl)cc1F)C(F)(F)C(F)(F)C(F)(F)C(F)(F)F. The van der Waals surface area contributed by atoms with Gasteiger partial charge in [-0.15, -0.1) is 0 Å². The van der Waals surface area contributed by atoms with Crippen molar-refractivity contribution in [3.8, 4) is 0 Å². The van der Waals surface area contributed by atoms with Gasteiger partial charge in [-0.1, -0.05) is 11.6 Å². The van der Waals surface area contributed by atoms with Crippen LogP contribution in [0.25, 0.3) is 0 Å². The molecule has 0 aliphatic heterocycles. The Morgan fingerprint density at radius 2 is 1.35 bits per heavy atom. The average Bonchev–Trinajstić information content (AvgIpc) is 2.36. The summed E-state index contributed by atoms with van der Waals surface area (Å²) < 4.78 is 127. The highest BCUT2D eigenvalue weighted by molar-refractivity contribution is 6.30. The van der Waals surface area contributed by atoms with Gasteiger partial charge in [0.2, 0.25) is 5.78 Å². The Morgan fingerprint density at radius 3 is 1.74 bits per heavy atom. The maximum Gasteiger partial charge on any atom is 0.460 e. The molecule has 0 aliphatic carbocycles. The highest BCUT2D eigenvalue weighted by atomic mass is 35.5. The summed E-state index contributed by atoms with van der Waals surface area (Å²) in [6.07, 6.45) is -7.07. The van der Waals surface area contributed by atoms with E-state index in [1.807, 2.05) is 0 Å². The van der Waals surface area contributed by atoms with Crippen LogP contribution in [0.2, 0.25) is 5.02 Å².